The monoisotopic (exact) mass is 351 g/mol. The number of fused-ring (bicyclic) bond motifs is 1. The van der Waals surface area contributed by atoms with Gasteiger partial charge in [-0.1, -0.05) is 0 Å². The first-order valence-electron chi connectivity index (χ1n) is 8.85. The minimum atomic E-state index is -3.08. The van der Waals surface area contributed by atoms with Gasteiger partial charge in [-0.05, 0) is 37.0 Å². The predicted octanol–water partition coefficient (Wildman–Crippen LogP) is 1.10. The van der Waals surface area contributed by atoms with Crippen LogP contribution >= 0.6 is 0 Å². The van der Waals surface area contributed by atoms with E-state index >= 15 is 0 Å². The molecule has 0 bridgehead atoms. The van der Waals surface area contributed by atoms with Crippen molar-refractivity contribution in [2.45, 2.75) is 37.2 Å². The summed E-state index contributed by atoms with van der Waals surface area (Å²) in [5.41, 5.74) is 1.26. The Balaban J connectivity index is 1.39. The van der Waals surface area contributed by atoms with Gasteiger partial charge < -0.3 is 4.74 Å². The zero-order chi connectivity index (χ0) is 16.6. The molecule has 3 heterocycles. The number of nitrogens with zero attached hydrogens (tertiary/aromatic N) is 3. The summed E-state index contributed by atoms with van der Waals surface area (Å²) in [7, 11) is -3.08. The number of hydrogen-bond acceptors (Lipinski definition) is 5. The van der Waals surface area contributed by atoms with Crippen molar-refractivity contribution in [2.75, 3.05) is 32.8 Å². The molecule has 3 aliphatic rings. The molecule has 1 aliphatic carbocycles. The Morgan fingerprint density at radius 1 is 1.12 bits per heavy atom. The highest BCUT2D eigenvalue weighted by atomic mass is 32.2. The standard InChI is InChI=1S/C17H25N3O3S/c21-24(22,16-1-2-16)20-8-5-15-12-19(9-10-23-17(15)13-20)11-14-3-6-18-7-4-14/h3-4,6-7,15-17H,1-2,5,8-13H2/t15-,17-/m0/s1. The fraction of sp³-hybridized carbons (Fsp3) is 0.706. The Bertz CT molecular complexity index is 663. The minimum Gasteiger partial charge on any atom is -0.375 e. The van der Waals surface area contributed by atoms with E-state index < -0.39 is 10.0 Å². The van der Waals surface area contributed by atoms with Crippen LogP contribution in [0.5, 0.6) is 0 Å². The first kappa shape index (κ1) is 16.4. The smallest absolute Gasteiger partial charge is 0.217 e. The van der Waals surface area contributed by atoms with Crippen molar-refractivity contribution in [1.29, 1.82) is 0 Å². The van der Waals surface area contributed by atoms with Gasteiger partial charge in [-0.15, -0.1) is 0 Å². The molecular weight excluding hydrogens is 326 g/mol. The van der Waals surface area contributed by atoms with Crippen LogP contribution in [0.1, 0.15) is 24.8 Å². The van der Waals surface area contributed by atoms with Crippen molar-refractivity contribution in [2.24, 2.45) is 5.92 Å². The summed E-state index contributed by atoms with van der Waals surface area (Å²) in [4.78, 5) is 6.49. The summed E-state index contributed by atoms with van der Waals surface area (Å²) < 4.78 is 32.7. The number of aromatic nitrogens is 1. The van der Waals surface area contributed by atoms with Crippen LogP contribution in [0, 0.1) is 5.92 Å². The van der Waals surface area contributed by atoms with E-state index in [9.17, 15) is 8.42 Å². The van der Waals surface area contributed by atoms with Gasteiger partial charge in [-0.3, -0.25) is 9.88 Å². The number of ether oxygens (including phenoxy) is 1. The van der Waals surface area contributed by atoms with Gasteiger partial charge in [0, 0.05) is 51.0 Å². The van der Waals surface area contributed by atoms with Crippen molar-refractivity contribution in [3.05, 3.63) is 30.1 Å². The SMILES string of the molecule is O=S(=O)(C1CC1)N1CC[C@H]2CN(Cc3ccncc3)CCO[C@H]2C1. The molecule has 1 aromatic rings. The molecule has 2 saturated heterocycles. The van der Waals surface area contributed by atoms with Crippen LogP contribution in [0.2, 0.25) is 0 Å². The lowest BCUT2D eigenvalue weighted by Crippen LogP contribution is -2.49. The molecule has 24 heavy (non-hydrogen) atoms. The van der Waals surface area contributed by atoms with E-state index in [1.54, 1.807) is 4.31 Å². The summed E-state index contributed by atoms with van der Waals surface area (Å²) in [6, 6.07) is 4.10. The molecular formula is C17H25N3O3S. The fourth-order valence-corrected chi connectivity index (χ4v) is 5.66. The summed E-state index contributed by atoms with van der Waals surface area (Å²) >= 11 is 0. The van der Waals surface area contributed by atoms with Crippen LogP contribution in [0.15, 0.2) is 24.5 Å². The molecule has 0 N–H and O–H groups in total. The normalized spacial score (nSPS) is 29.8. The molecule has 6 nitrogen and oxygen atoms in total. The highest BCUT2D eigenvalue weighted by molar-refractivity contribution is 7.90. The average molecular weight is 351 g/mol. The van der Waals surface area contributed by atoms with Crippen molar-refractivity contribution in [3.8, 4) is 0 Å². The van der Waals surface area contributed by atoms with Gasteiger partial charge in [0.25, 0.3) is 0 Å². The lowest BCUT2D eigenvalue weighted by Gasteiger charge is -2.37. The maximum absolute atomic E-state index is 12.5. The first-order valence-corrected chi connectivity index (χ1v) is 10.3. The summed E-state index contributed by atoms with van der Waals surface area (Å²) in [6.07, 6.45) is 6.24. The second kappa shape index (κ2) is 6.71. The molecule has 0 aromatic carbocycles. The minimum absolute atomic E-state index is 0.0368. The molecule has 3 fully saturated rings. The van der Waals surface area contributed by atoms with Crippen molar-refractivity contribution in [3.63, 3.8) is 0 Å². The summed E-state index contributed by atoms with van der Waals surface area (Å²) in [5, 5.41) is -0.122. The van der Waals surface area contributed by atoms with Gasteiger partial charge in [0.15, 0.2) is 0 Å². The molecule has 2 atom stereocenters. The highest BCUT2D eigenvalue weighted by Gasteiger charge is 2.44. The lowest BCUT2D eigenvalue weighted by molar-refractivity contribution is -0.00194. The van der Waals surface area contributed by atoms with Crippen molar-refractivity contribution >= 4 is 10.0 Å². The van der Waals surface area contributed by atoms with Gasteiger partial charge >= 0.3 is 0 Å². The Labute approximate surface area is 143 Å². The maximum Gasteiger partial charge on any atom is 0.217 e. The second-order valence-electron chi connectivity index (χ2n) is 7.15. The van der Waals surface area contributed by atoms with Gasteiger partial charge in [0.05, 0.1) is 18.0 Å². The fourth-order valence-electron chi connectivity index (χ4n) is 3.79. The van der Waals surface area contributed by atoms with Crippen LogP contribution in [0.4, 0.5) is 0 Å². The molecule has 2 aliphatic heterocycles. The number of sulfonamides is 1. The van der Waals surface area contributed by atoms with Gasteiger partial charge in [0.2, 0.25) is 10.0 Å². The van der Waals surface area contributed by atoms with Crippen LogP contribution in [0.25, 0.3) is 0 Å². The molecule has 7 heteroatoms. The molecule has 0 amide bonds. The largest absolute Gasteiger partial charge is 0.375 e. The average Bonchev–Trinajstić information content (AvgIpc) is 3.42. The third kappa shape index (κ3) is 3.49. The molecule has 1 saturated carbocycles. The van der Waals surface area contributed by atoms with Gasteiger partial charge in [0.1, 0.15) is 0 Å². The van der Waals surface area contributed by atoms with E-state index in [4.69, 9.17) is 4.74 Å². The number of hydrogen-bond donors (Lipinski definition) is 0. The predicted molar refractivity (Wildman–Crippen MR) is 90.9 cm³/mol. The lowest BCUT2D eigenvalue weighted by atomic mass is 9.94. The van der Waals surface area contributed by atoms with Crippen LogP contribution in [-0.4, -0.2) is 66.7 Å². The number of rotatable bonds is 4. The topological polar surface area (TPSA) is 62.7 Å². The van der Waals surface area contributed by atoms with Gasteiger partial charge in [-0.25, -0.2) is 8.42 Å². The quantitative estimate of drug-likeness (QED) is 0.813. The molecule has 0 radical (unpaired) electrons. The molecule has 1 aromatic heterocycles. The van der Waals surface area contributed by atoms with Gasteiger partial charge in [-0.2, -0.15) is 4.31 Å². The van der Waals surface area contributed by atoms with E-state index in [-0.39, 0.29) is 11.4 Å². The maximum atomic E-state index is 12.5. The van der Waals surface area contributed by atoms with E-state index in [0.717, 1.165) is 38.9 Å². The third-order valence-electron chi connectivity index (χ3n) is 5.35. The van der Waals surface area contributed by atoms with E-state index in [2.05, 4.69) is 9.88 Å². The second-order valence-corrected chi connectivity index (χ2v) is 9.36. The first-order chi connectivity index (χ1) is 11.6. The van der Waals surface area contributed by atoms with Crippen LogP contribution < -0.4 is 0 Å². The number of piperidine rings is 1. The highest BCUT2D eigenvalue weighted by Crippen LogP contribution is 2.34. The molecule has 0 spiro atoms. The molecule has 0 unspecified atom stereocenters. The Morgan fingerprint density at radius 3 is 2.67 bits per heavy atom. The summed E-state index contributed by atoms with van der Waals surface area (Å²) in [6.45, 7) is 4.62. The zero-order valence-electron chi connectivity index (χ0n) is 13.9. The van der Waals surface area contributed by atoms with Crippen LogP contribution in [-0.2, 0) is 21.3 Å². The van der Waals surface area contributed by atoms with Crippen LogP contribution in [0.3, 0.4) is 0 Å². The van der Waals surface area contributed by atoms with Crippen molar-refractivity contribution < 1.29 is 13.2 Å². The van der Waals surface area contributed by atoms with E-state index in [0.29, 0.717) is 25.6 Å². The van der Waals surface area contributed by atoms with Crippen molar-refractivity contribution in [1.82, 2.24) is 14.2 Å². The zero-order valence-corrected chi connectivity index (χ0v) is 14.7. The Kier molecular flexibility index (Phi) is 4.60. The number of pyridine rings is 1. The Morgan fingerprint density at radius 2 is 1.92 bits per heavy atom. The third-order valence-corrected chi connectivity index (χ3v) is 7.72. The summed E-state index contributed by atoms with van der Waals surface area (Å²) in [5.74, 6) is 0.417. The Hall–Kier alpha value is -1.02. The van der Waals surface area contributed by atoms with E-state index in [1.165, 1.54) is 5.56 Å². The molecule has 132 valence electrons. The van der Waals surface area contributed by atoms with E-state index in [1.807, 2.05) is 24.5 Å². The molecule has 4 rings (SSSR count).